The van der Waals surface area contributed by atoms with Crippen LogP contribution in [-0.4, -0.2) is 14.5 Å². The van der Waals surface area contributed by atoms with Crippen LogP contribution in [0.4, 0.5) is 0 Å². The summed E-state index contributed by atoms with van der Waals surface area (Å²) in [6, 6.07) is 72.5. The summed E-state index contributed by atoms with van der Waals surface area (Å²) in [4.78, 5) is 11.0. The third kappa shape index (κ3) is 6.01. The molecule has 0 saturated heterocycles. The number of para-hydroxylation sites is 2. The normalized spacial score (nSPS) is 11.7. The molecule has 3 aromatic heterocycles. The SMILES string of the molecule is CCC.c1ccc2cc3c(cc2c1)c1cccc(-c2cccc4c2sc2ccc5ccccc5c24)c1n3-c1nc(-c2ccc(-c3cccc4ccccc34)cc2)c2ccccc2n1. The zero-order valence-corrected chi connectivity index (χ0v) is 35.8. The number of hydrogen-bond donors (Lipinski definition) is 0. The first-order valence-electron chi connectivity index (χ1n) is 21.8. The third-order valence-electron chi connectivity index (χ3n) is 12.4. The maximum Gasteiger partial charge on any atom is 0.235 e. The molecule has 0 unspecified atom stereocenters. The van der Waals surface area contributed by atoms with E-state index >= 15 is 0 Å². The highest BCUT2D eigenvalue weighted by Gasteiger charge is 2.22. The van der Waals surface area contributed by atoms with Crippen molar-refractivity contribution in [1.29, 1.82) is 0 Å². The first-order chi connectivity index (χ1) is 31.2. The predicted octanol–water partition coefficient (Wildman–Crippen LogP) is 17.0. The Labute approximate surface area is 369 Å². The Bertz CT molecular complexity index is 3910. The Morgan fingerprint density at radius 3 is 1.79 bits per heavy atom. The van der Waals surface area contributed by atoms with E-state index in [-0.39, 0.29) is 0 Å². The number of fused-ring (bicyclic) bond motifs is 11. The van der Waals surface area contributed by atoms with Crippen LogP contribution < -0.4 is 0 Å². The molecule has 0 fully saturated rings. The van der Waals surface area contributed by atoms with Crippen molar-refractivity contribution in [2.75, 3.05) is 0 Å². The molecule has 0 atom stereocenters. The largest absolute Gasteiger partial charge is 0.277 e. The summed E-state index contributed by atoms with van der Waals surface area (Å²) in [5, 5.41) is 13.4. The maximum absolute atomic E-state index is 5.57. The molecule has 0 spiro atoms. The zero-order chi connectivity index (χ0) is 42.0. The van der Waals surface area contributed by atoms with Crippen molar-refractivity contribution in [1.82, 2.24) is 14.5 Å². The topological polar surface area (TPSA) is 30.7 Å². The van der Waals surface area contributed by atoms with E-state index in [1.807, 2.05) is 11.3 Å². The number of hydrogen-bond acceptors (Lipinski definition) is 3. The van der Waals surface area contributed by atoms with Crippen molar-refractivity contribution in [2.24, 2.45) is 0 Å². The molecule has 0 amide bonds. The van der Waals surface area contributed by atoms with Gasteiger partial charge >= 0.3 is 0 Å². The Kier molecular flexibility index (Phi) is 8.87. The quantitative estimate of drug-likeness (QED) is 0.177. The molecule has 0 aliphatic rings. The van der Waals surface area contributed by atoms with E-state index in [4.69, 9.17) is 9.97 Å². The average molecular weight is 824 g/mol. The van der Waals surface area contributed by atoms with Crippen molar-refractivity contribution in [3.63, 3.8) is 0 Å². The van der Waals surface area contributed by atoms with Gasteiger partial charge in [-0.1, -0.05) is 196 Å². The van der Waals surface area contributed by atoms with Crippen LogP contribution >= 0.6 is 11.3 Å². The first kappa shape index (κ1) is 37.1. The van der Waals surface area contributed by atoms with Crippen molar-refractivity contribution in [3.05, 3.63) is 200 Å². The molecule has 10 aromatic carbocycles. The van der Waals surface area contributed by atoms with Crippen molar-refractivity contribution in [2.45, 2.75) is 20.3 Å². The van der Waals surface area contributed by atoms with Gasteiger partial charge in [0.15, 0.2) is 0 Å². The van der Waals surface area contributed by atoms with E-state index < -0.39 is 0 Å². The lowest BCUT2D eigenvalue weighted by molar-refractivity contribution is 1.01. The maximum atomic E-state index is 5.57. The molecule has 4 heteroatoms. The van der Waals surface area contributed by atoms with Crippen LogP contribution in [0.15, 0.2) is 200 Å². The summed E-state index contributed by atoms with van der Waals surface area (Å²) in [6.07, 6.45) is 1.25. The fourth-order valence-corrected chi connectivity index (χ4v) is 10.9. The van der Waals surface area contributed by atoms with Gasteiger partial charge in [-0.05, 0) is 67.7 Å². The van der Waals surface area contributed by atoms with Crippen LogP contribution in [0.5, 0.6) is 0 Å². The molecule has 298 valence electrons. The summed E-state index contributed by atoms with van der Waals surface area (Å²) in [7, 11) is 0. The molecule has 13 aromatic rings. The van der Waals surface area contributed by atoms with Gasteiger partial charge in [0.1, 0.15) is 0 Å². The molecular formula is C59H41N3S. The van der Waals surface area contributed by atoms with Gasteiger partial charge in [0.25, 0.3) is 0 Å². The third-order valence-corrected chi connectivity index (χ3v) is 13.6. The predicted molar refractivity (Wildman–Crippen MR) is 272 cm³/mol. The van der Waals surface area contributed by atoms with Gasteiger partial charge in [0.2, 0.25) is 5.95 Å². The molecule has 0 aliphatic carbocycles. The van der Waals surface area contributed by atoms with E-state index in [0.29, 0.717) is 5.95 Å². The standard InChI is InChI=1S/C56H33N3S.C3H8/c1-2-15-39-33-50-48(32-38(39)14-1)44-22-10-21-43(45-23-11-24-47-52-42-18-6-4-13-35(42)30-31-51(52)60-55(45)47)54(44)59(50)56-57-49-25-8-7-19-46(49)53(58-56)37-28-26-36(27-29-37)41-20-9-16-34-12-3-5-17-40(34)41;1-3-2/h1-33H;3H2,1-2H3. The van der Waals surface area contributed by atoms with E-state index in [2.05, 4.69) is 219 Å². The molecule has 0 bridgehead atoms. The number of benzene rings is 10. The van der Waals surface area contributed by atoms with Crippen molar-refractivity contribution < 1.29 is 0 Å². The fraction of sp³-hybridized carbons (Fsp3) is 0.0508. The second-order valence-electron chi connectivity index (χ2n) is 16.4. The van der Waals surface area contributed by atoms with Crippen LogP contribution in [0.25, 0.3) is 125 Å². The van der Waals surface area contributed by atoms with E-state index in [1.54, 1.807) is 0 Å². The highest BCUT2D eigenvalue weighted by Crippen LogP contribution is 2.46. The second kappa shape index (κ2) is 15.1. The second-order valence-corrected chi connectivity index (χ2v) is 17.5. The Morgan fingerprint density at radius 2 is 1.00 bits per heavy atom. The van der Waals surface area contributed by atoms with E-state index in [1.165, 1.54) is 86.4 Å². The minimum absolute atomic E-state index is 0.652. The monoisotopic (exact) mass is 823 g/mol. The Hall–Kier alpha value is -7.66. The number of aromatic nitrogens is 3. The lowest BCUT2D eigenvalue weighted by Gasteiger charge is -2.14. The average Bonchev–Trinajstić information content (AvgIpc) is 3.89. The molecule has 0 saturated carbocycles. The minimum atomic E-state index is 0.652. The van der Waals surface area contributed by atoms with Crippen LogP contribution in [0.3, 0.4) is 0 Å². The van der Waals surface area contributed by atoms with Gasteiger partial charge in [-0.2, -0.15) is 0 Å². The minimum Gasteiger partial charge on any atom is -0.277 e. The molecule has 3 heterocycles. The number of thiophene rings is 1. The van der Waals surface area contributed by atoms with Gasteiger partial charge < -0.3 is 0 Å². The lowest BCUT2D eigenvalue weighted by atomic mass is 9.96. The highest BCUT2D eigenvalue weighted by atomic mass is 32.1. The molecule has 0 N–H and O–H groups in total. The Morgan fingerprint density at radius 1 is 0.429 bits per heavy atom. The van der Waals surface area contributed by atoms with E-state index in [0.717, 1.165) is 38.8 Å². The highest BCUT2D eigenvalue weighted by molar-refractivity contribution is 7.26. The summed E-state index contributed by atoms with van der Waals surface area (Å²) < 4.78 is 4.91. The summed E-state index contributed by atoms with van der Waals surface area (Å²) >= 11 is 1.88. The van der Waals surface area contributed by atoms with Crippen LogP contribution in [0, 0.1) is 0 Å². The molecule has 0 aliphatic heterocycles. The Balaban J connectivity index is 0.00000137. The van der Waals surface area contributed by atoms with Crippen molar-refractivity contribution >= 4 is 96.5 Å². The van der Waals surface area contributed by atoms with Gasteiger partial charge in [-0.3, -0.25) is 4.57 Å². The summed E-state index contributed by atoms with van der Waals surface area (Å²) in [5.41, 5.74) is 9.82. The first-order valence-corrected chi connectivity index (χ1v) is 22.6. The molecule has 63 heavy (non-hydrogen) atoms. The smallest absolute Gasteiger partial charge is 0.235 e. The van der Waals surface area contributed by atoms with Crippen LogP contribution in [-0.2, 0) is 0 Å². The zero-order valence-electron chi connectivity index (χ0n) is 35.0. The van der Waals surface area contributed by atoms with Gasteiger partial charge in [-0.15, -0.1) is 11.3 Å². The molecule has 0 radical (unpaired) electrons. The van der Waals surface area contributed by atoms with Crippen LogP contribution in [0.2, 0.25) is 0 Å². The summed E-state index contributed by atoms with van der Waals surface area (Å²) in [5.74, 6) is 0.652. The number of nitrogens with zero attached hydrogens (tertiary/aromatic N) is 3. The molecular weight excluding hydrogens is 783 g/mol. The van der Waals surface area contributed by atoms with Gasteiger partial charge in [0.05, 0.1) is 22.2 Å². The molecule has 13 rings (SSSR count). The van der Waals surface area contributed by atoms with Crippen molar-refractivity contribution in [3.8, 4) is 39.5 Å². The fourth-order valence-electron chi connectivity index (χ4n) is 9.63. The van der Waals surface area contributed by atoms with Crippen LogP contribution in [0.1, 0.15) is 20.3 Å². The number of rotatable bonds is 4. The van der Waals surface area contributed by atoms with E-state index in [9.17, 15) is 0 Å². The van der Waals surface area contributed by atoms with Gasteiger partial charge in [0, 0.05) is 53.0 Å². The van der Waals surface area contributed by atoms with Gasteiger partial charge in [-0.25, -0.2) is 9.97 Å². The molecule has 3 nitrogen and oxygen atoms in total. The summed E-state index contributed by atoms with van der Waals surface area (Å²) in [6.45, 7) is 4.25. The lowest BCUT2D eigenvalue weighted by Crippen LogP contribution is -2.04.